The third-order valence-corrected chi connectivity index (χ3v) is 4.87. The number of nitrogens with zero attached hydrogens (tertiary/aromatic N) is 1. The van der Waals surface area contributed by atoms with Crippen molar-refractivity contribution in [1.82, 2.24) is 4.90 Å². The number of hydrogen-bond acceptors (Lipinski definition) is 2. The second-order valence-electron chi connectivity index (χ2n) is 7.81. The molecule has 1 aliphatic carbocycles. The van der Waals surface area contributed by atoms with Gasteiger partial charge in [0.25, 0.3) is 0 Å². The van der Waals surface area contributed by atoms with E-state index in [0.717, 1.165) is 11.8 Å². The first-order valence-electron chi connectivity index (χ1n) is 8.45. The van der Waals surface area contributed by atoms with Crippen LogP contribution < -0.4 is 4.74 Å². The van der Waals surface area contributed by atoms with Crippen LogP contribution in [0.15, 0.2) is 18.2 Å². The first-order valence-corrected chi connectivity index (χ1v) is 8.45. The standard InChI is InChI=1S/C19H29NO/c1-14-13-15(19(2,3)4)5-8-18(14)21-17-9-11-20(12-10-17)16-6-7-16/h5,8,13,16-17H,6-7,9-12H2,1-4H3. The molecule has 21 heavy (non-hydrogen) atoms. The Bertz CT molecular complexity index is 491. The van der Waals surface area contributed by atoms with E-state index < -0.39 is 0 Å². The normalized spacial score (nSPS) is 21.5. The first-order chi connectivity index (χ1) is 9.93. The maximum absolute atomic E-state index is 6.28. The van der Waals surface area contributed by atoms with Gasteiger partial charge in [0.2, 0.25) is 0 Å². The second kappa shape index (κ2) is 5.64. The highest BCUT2D eigenvalue weighted by atomic mass is 16.5. The fourth-order valence-electron chi connectivity index (χ4n) is 3.23. The van der Waals surface area contributed by atoms with Gasteiger partial charge in [-0.1, -0.05) is 32.9 Å². The highest BCUT2D eigenvalue weighted by molar-refractivity contribution is 5.38. The lowest BCUT2D eigenvalue weighted by Crippen LogP contribution is -2.39. The summed E-state index contributed by atoms with van der Waals surface area (Å²) < 4.78 is 6.28. The summed E-state index contributed by atoms with van der Waals surface area (Å²) in [5.74, 6) is 1.08. The van der Waals surface area contributed by atoms with Gasteiger partial charge in [0.05, 0.1) is 0 Å². The minimum absolute atomic E-state index is 0.207. The Morgan fingerprint density at radius 2 is 1.71 bits per heavy atom. The molecule has 1 heterocycles. The first kappa shape index (κ1) is 14.9. The Morgan fingerprint density at radius 1 is 1.05 bits per heavy atom. The van der Waals surface area contributed by atoms with E-state index in [2.05, 4.69) is 50.8 Å². The van der Waals surface area contributed by atoms with E-state index in [4.69, 9.17) is 4.74 Å². The molecule has 116 valence electrons. The number of benzene rings is 1. The van der Waals surface area contributed by atoms with Crippen molar-refractivity contribution in [2.75, 3.05) is 13.1 Å². The highest BCUT2D eigenvalue weighted by Crippen LogP contribution is 2.32. The largest absolute Gasteiger partial charge is 0.490 e. The molecule has 0 spiro atoms. The molecule has 0 bridgehead atoms. The van der Waals surface area contributed by atoms with Crippen LogP contribution in [0.25, 0.3) is 0 Å². The molecule has 3 rings (SSSR count). The lowest BCUT2D eigenvalue weighted by atomic mass is 9.86. The topological polar surface area (TPSA) is 12.5 Å². The number of hydrogen-bond donors (Lipinski definition) is 0. The fraction of sp³-hybridized carbons (Fsp3) is 0.684. The van der Waals surface area contributed by atoms with Crippen LogP contribution in [0.5, 0.6) is 5.75 Å². The van der Waals surface area contributed by atoms with Gasteiger partial charge in [-0.25, -0.2) is 0 Å². The molecule has 1 saturated heterocycles. The summed E-state index contributed by atoms with van der Waals surface area (Å²) in [7, 11) is 0. The number of aryl methyl sites for hydroxylation is 1. The molecular weight excluding hydrogens is 258 g/mol. The Hall–Kier alpha value is -1.02. The molecule has 2 heteroatoms. The van der Waals surface area contributed by atoms with Crippen LogP contribution in [0.2, 0.25) is 0 Å². The molecule has 0 unspecified atom stereocenters. The van der Waals surface area contributed by atoms with E-state index in [9.17, 15) is 0 Å². The second-order valence-corrected chi connectivity index (χ2v) is 7.81. The molecule has 0 amide bonds. The van der Waals surface area contributed by atoms with E-state index in [1.165, 1.54) is 49.9 Å². The van der Waals surface area contributed by atoms with Crippen molar-refractivity contribution in [3.05, 3.63) is 29.3 Å². The minimum atomic E-state index is 0.207. The zero-order chi connectivity index (χ0) is 15.0. The van der Waals surface area contributed by atoms with Crippen molar-refractivity contribution in [1.29, 1.82) is 0 Å². The van der Waals surface area contributed by atoms with Crippen molar-refractivity contribution in [3.63, 3.8) is 0 Å². The predicted octanol–water partition coefficient (Wildman–Crippen LogP) is 4.30. The van der Waals surface area contributed by atoms with E-state index >= 15 is 0 Å². The minimum Gasteiger partial charge on any atom is -0.490 e. The van der Waals surface area contributed by atoms with Crippen LogP contribution in [-0.2, 0) is 5.41 Å². The highest BCUT2D eigenvalue weighted by Gasteiger charge is 2.32. The van der Waals surface area contributed by atoms with E-state index in [1.54, 1.807) is 0 Å². The molecule has 2 nitrogen and oxygen atoms in total. The molecule has 1 saturated carbocycles. The summed E-state index contributed by atoms with van der Waals surface area (Å²) in [5, 5.41) is 0. The third-order valence-electron chi connectivity index (χ3n) is 4.87. The quantitative estimate of drug-likeness (QED) is 0.822. The van der Waals surface area contributed by atoms with Crippen LogP contribution in [0, 0.1) is 6.92 Å². The van der Waals surface area contributed by atoms with Crippen LogP contribution >= 0.6 is 0 Å². The Kier molecular flexibility index (Phi) is 4.00. The van der Waals surface area contributed by atoms with Gasteiger partial charge in [0.15, 0.2) is 0 Å². The maximum Gasteiger partial charge on any atom is 0.122 e. The van der Waals surface area contributed by atoms with Crippen LogP contribution in [0.3, 0.4) is 0 Å². The average Bonchev–Trinajstić information content (AvgIpc) is 3.25. The summed E-state index contributed by atoms with van der Waals surface area (Å²) >= 11 is 0. The summed E-state index contributed by atoms with van der Waals surface area (Å²) in [6, 6.07) is 7.58. The van der Waals surface area contributed by atoms with Crippen LogP contribution in [0.4, 0.5) is 0 Å². The molecular formula is C19H29NO. The monoisotopic (exact) mass is 287 g/mol. The SMILES string of the molecule is Cc1cc(C(C)(C)C)ccc1OC1CCN(C2CC2)CC1. The number of likely N-dealkylation sites (tertiary alicyclic amines) is 1. The number of piperidine rings is 1. The van der Waals surface area contributed by atoms with Gasteiger partial charge in [-0.15, -0.1) is 0 Å². The van der Waals surface area contributed by atoms with Gasteiger partial charge < -0.3 is 9.64 Å². The zero-order valence-corrected chi connectivity index (χ0v) is 14.0. The number of rotatable bonds is 3. The lowest BCUT2D eigenvalue weighted by Gasteiger charge is -2.32. The zero-order valence-electron chi connectivity index (χ0n) is 14.0. The lowest BCUT2D eigenvalue weighted by molar-refractivity contribution is 0.0960. The van der Waals surface area contributed by atoms with Crippen molar-refractivity contribution < 1.29 is 4.74 Å². The summed E-state index contributed by atoms with van der Waals surface area (Å²) in [5.41, 5.74) is 2.86. The third kappa shape index (κ3) is 3.60. The average molecular weight is 287 g/mol. The van der Waals surface area contributed by atoms with Crippen molar-refractivity contribution in [2.24, 2.45) is 0 Å². The molecule has 0 radical (unpaired) electrons. The van der Waals surface area contributed by atoms with Gasteiger partial charge in [-0.3, -0.25) is 0 Å². The van der Waals surface area contributed by atoms with E-state index in [1.807, 2.05) is 0 Å². The smallest absolute Gasteiger partial charge is 0.122 e. The van der Waals surface area contributed by atoms with Crippen LogP contribution in [-0.4, -0.2) is 30.1 Å². The Balaban J connectivity index is 1.60. The molecule has 1 aliphatic heterocycles. The van der Waals surface area contributed by atoms with Gasteiger partial charge in [0, 0.05) is 19.1 Å². The summed E-state index contributed by atoms with van der Waals surface area (Å²) in [6.07, 6.45) is 5.59. The summed E-state index contributed by atoms with van der Waals surface area (Å²) in [4.78, 5) is 2.65. The molecule has 0 atom stereocenters. The van der Waals surface area contributed by atoms with Crippen molar-refractivity contribution in [3.8, 4) is 5.75 Å². The van der Waals surface area contributed by atoms with E-state index in [0.29, 0.717) is 6.10 Å². The van der Waals surface area contributed by atoms with Gasteiger partial charge in [0.1, 0.15) is 11.9 Å². The maximum atomic E-state index is 6.28. The van der Waals surface area contributed by atoms with Gasteiger partial charge in [-0.05, 0) is 55.2 Å². The fourth-order valence-corrected chi connectivity index (χ4v) is 3.23. The van der Waals surface area contributed by atoms with Gasteiger partial charge in [-0.2, -0.15) is 0 Å². The molecule has 1 aromatic carbocycles. The summed E-state index contributed by atoms with van der Waals surface area (Å²) in [6.45, 7) is 11.4. The van der Waals surface area contributed by atoms with Gasteiger partial charge >= 0.3 is 0 Å². The van der Waals surface area contributed by atoms with Crippen LogP contribution in [0.1, 0.15) is 57.6 Å². The molecule has 0 N–H and O–H groups in total. The molecule has 2 aliphatic rings. The Morgan fingerprint density at radius 3 is 2.24 bits per heavy atom. The Labute approximate surface area is 129 Å². The van der Waals surface area contributed by atoms with Crippen molar-refractivity contribution in [2.45, 2.75) is 70.9 Å². The van der Waals surface area contributed by atoms with Crippen molar-refractivity contribution >= 4 is 0 Å². The molecule has 0 aromatic heterocycles. The van der Waals surface area contributed by atoms with E-state index in [-0.39, 0.29) is 5.41 Å². The number of ether oxygens (including phenoxy) is 1. The predicted molar refractivity (Wildman–Crippen MR) is 88.1 cm³/mol. The molecule has 2 fully saturated rings. The molecule has 1 aromatic rings.